The van der Waals surface area contributed by atoms with Gasteiger partial charge in [-0.05, 0) is 49.4 Å². The summed E-state index contributed by atoms with van der Waals surface area (Å²) in [5.74, 6) is -0.606. The highest BCUT2D eigenvalue weighted by Gasteiger charge is 2.25. The third-order valence-corrected chi connectivity index (χ3v) is 5.82. The summed E-state index contributed by atoms with van der Waals surface area (Å²) in [6, 6.07) is 13.0. The molecule has 8 heteroatoms. The summed E-state index contributed by atoms with van der Waals surface area (Å²) in [6.07, 6.45) is 0. The Hall–Kier alpha value is -2.61. The predicted molar refractivity (Wildman–Crippen MR) is 123 cm³/mol. The van der Waals surface area contributed by atoms with Crippen LogP contribution in [0.15, 0.2) is 42.5 Å². The molecule has 0 saturated carbocycles. The fourth-order valence-electron chi connectivity index (χ4n) is 3.60. The van der Waals surface area contributed by atoms with Gasteiger partial charge in [-0.15, -0.1) is 0 Å². The highest BCUT2D eigenvalue weighted by molar-refractivity contribution is 6.40. The van der Waals surface area contributed by atoms with Crippen LogP contribution in [0.2, 0.25) is 5.02 Å². The Bertz CT molecular complexity index is 912. The van der Waals surface area contributed by atoms with Crippen LogP contribution in [0, 0.1) is 6.92 Å². The van der Waals surface area contributed by atoms with Crippen molar-refractivity contribution in [2.75, 3.05) is 52.2 Å². The standard InChI is InChI=1S/C23H29ClN4O3/c1-16-4-7-18(24)14-20(16)26-23(30)22(29)25-15-21(28-12-10-27(2)11-13-28)17-5-8-19(31-3)9-6-17/h4-9,14,21H,10-13,15H2,1-3H3,(H,25,29)(H,26,30). The lowest BCUT2D eigenvalue weighted by atomic mass is 10.0. The van der Waals surface area contributed by atoms with Crippen LogP contribution >= 0.6 is 11.6 Å². The first-order chi connectivity index (χ1) is 14.9. The number of amides is 2. The number of rotatable bonds is 6. The van der Waals surface area contributed by atoms with Crippen molar-refractivity contribution in [3.8, 4) is 5.75 Å². The van der Waals surface area contributed by atoms with Gasteiger partial charge < -0.3 is 20.3 Å². The zero-order chi connectivity index (χ0) is 22.4. The molecule has 2 aromatic carbocycles. The lowest BCUT2D eigenvalue weighted by Gasteiger charge is -2.38. The zero-order valence-electron chi connectivity index (χ0n) is 18.2. The van der Waals surface area contributed by atoms with Crippen molar-refractivity contribution in [3.05, 3.63) is 58.6 Å². The molecule has 7 nitrogen and oxygen atoms in total. The Labute approximate surface area is 188 Å². The van der Waals surface area contributed by atoms with E-state index in [-0.39, 0.29) is 6.04 Å². The average Bonchev–Trinajstić information content (AvgIpc) is 2.77. The number of carbonyl (C=O) groups excluding carboxylic acids is 2. The molecule has 1 atom stereocenters. The van der Waals surface area contributed by atoms with Crippen LogP contribution < -0.4 is 15.4 Å². The normalized spacial score (nSPS) is 15.9. The van der Waals surface area contributed by atoms with E-state index in [9.17, 15) is 9.59 Å². The van der Waals surface area contributed by atoms with Gasteiger partial charge in [0, 0.05) is 43.4 Å². The van der Waals surface area contributed by atoms with Crippen LogP contribution in [0.5, 0.6) is 5.75 Å². The van der Waals surface area contributed by atoms with Gasteiger partial charge in [-0.3, -0.25) is 14.5 Å². The quantitative estimate of drug-likeness (QED) is 0.670. The molecule has 1 fully saturated rings. The number of carbonyl (C=O) groups is 2. The molecule has 2 N–H and O–H groups in total. The highest BCUT2D eigenvalue weighted by Crippen LogP contribution is 2.24. The van der Waals surface area contributed by atoms with Crippen molar-refractivity contribution in [1.82, 2.24) is 15.1 Å². The van der Waals surface area contributed by atoms with Crippen LogP contribution in [0.1, 0.15) is 17.2 Å². The van der Waals surface area contributed by atoms with Crippen LogP contribution in [-0.2, 0) is 9.59 Å². The number of nitrogens with zero attached hydrogens (tertiary/aromatic N) is 2. The zero-order valence-corrected chi connectivity index (χ0v) is 18.9. The van der Waals surface area contributed by atoms with Crippen molar-refractivity contribution in [2.45, 2.75) is 13.0 Å². The van der Waals surface area contributed by atoms with E-state index in [1.807, 2.05) is 31.2 Å². The maximum atomic E-state index is 12.5. The third kappa shape index (κ3) is 6.19. The maximum absolute atomic E-state index is 12.5. The number of hydrogen-bond acceptors (Lipinski definition) is 5. The molecule has 0 aliphatic carbocycles. The van der Waals surface area contributed by atoms with Crippen LogP contribution in [0.4, 0.5) is 5.69 Å². The van der Waals surface area contributed by atoms with E-state index in [1.165, 1.54) is 0 Å². The number of hydrogen-bond donors (Lipinski definition) is 2. The molecule has 1 saturated heterocycles. The second-order valence-corrected chi connectivity index (χ2v) is 8.19. The first kappa shape index (κ1) is 23.1. The number of aryl methyl sites for hydroxylation is 1. The van der Waals surface area contributed by atoms with E-state index >= 15 is 0 Å². The molecule has 2 amide bonds. The Morgan fingerprint density at radius 3 is 2.39 bits per heavy atom. The molecule has 0 aromatic heterocycles. The smallest absolute Gasteiger partial charge is 0.313 e. The topological polar surface area (TPSA) is 73.9 Å². The fraction of sp³-hybridized carbons (Fsp3) is 0.391. The van der Waals surface area contributed by atoms with E-state index in [0.29, 0.717) is 17.3 Å². The number of anilines is 1. The highest BCUT2D eigenvalue weighted by atomic mass is 35.5. The van der Waals surface area contributed by atoms with Crippen molar-refractivity contribution in [1.29, 1.82) is 0 Å². The van der Waals surface area contributed by atoms with E-state index in [4.69, 9.17) is 16.3 Å². The Kier molecular flexibility index (Phi) is 7.90. The fourth-order valence-corrected chi connectivity index (χ4v) is 3.77. The molecule has 3 rings (SSSR count). The summed E-state index contributed by atoms with van der Waals surface area (Å²) in [4.78, 5) is 29.5. The van der Waals surface area contributed by atoms with Gasteiger partial charge in [0.25, 0.3) is 0 Å². The molecule has 2 aromatic rings. The second kappa shape index (κ2) is 10.6. The number of piperazine rings is 1. The van der Waals surface area contributed by atoms with Crippen molar-refractivity contribution in [2.24, 2.45) is 0 Å². The molecule has 0 spiro atoms. The SMILES string of the molecule is COc1ccc(C(CNC(=O)C(=O)Nc2cc(Cl)ccc2C)N2CCN(C)CC2)cc1. The first-order valence-electron chi connectivity index (χ1n) is 10.3. The molecule has 1 heterocycles. The van der Waals surface area contributed by atoms with E-state index in [0.717, 1.165) is 43.1 Å². The molecular weight excluding hydrogens is 416 g/mol. The van der Waals surface area contributed by atoms with E-state index < -0.39 is 11.8 Å². The molecule has 0 bridgehead atoms. The summed E-state index contributed by atoms with van der Waals surface area (Å²) in [5, 5.41) is 5.94. The third-order valence-electron chi connectivity index (χ3n) is 5.59. The molecule has 1 aliphatic rings. The maximum Gasteiger partial charge on any atom is 0.313 e. The van der Waals surface area contributed by atoms with Gasteiger partial charge >= 0.3 is 11.8 Å². The number of likely N-dealkylation sites (N-methyl/N-ethyl adjacent to an activating group) is 1. The summed E-state index contributed by atoms with van der Waals surface area (Å²) in [5.41, 5.74) is 2.43. The summed E-state index contributed by atoms with van der Waals surface area (Å²) in [6.45, 7) is 5.85. The lowest BCUT2D eigenvalue weighted by molar-refractivity contribution is -0.136. The molecule has 166 valence electrons. The van der Waals surface area contributed by atoms with Gasteiger partial charge in [-0.25, -0.2) is 0 Å². The average molecular weight is 445 g/mol. The Morgan fingerprint density at radius 2 is 1.74 bits per heavy atom. The van der Waals surface area contributed by atoms with Gasteiger partial charge in [-0.1, -0.05) is 29.8 Å². The Morgan fingerprint density at radius 1 is 1.06 bits per heavy atom. The van der Waals surface area contributed by atoms with Crippen LogP contribution in [-0.4, -0.2) is 68.5 Å². The molecular formula is C23H29ClN4O3. The number of benzene rings is 2. The number of ether oxygens (including phenoxy) is 1. The monoisotopic (exact) mass is 444 g/mol. The van der Waals surface area contributed by atoms with E-state index in [1.54, 1.807) is 25.3 Å². The summed E-state index contributed by atoms with van der Waals surface area (Å²) >= 11 is 6.00. The van der Waals surface area contributed by atoms with Crippen LogP contribution in [0.25, 0.3) is 0 Å². The first-order valence-corrected chi connectivity index (χ1v) is 10.7. The number of halogens is 1. The molecule has 1 aliphatic heterocycles. The molecule has 0 radical (unpaired) electrons. The number of methoxy groups -OCH3 is 1. The largest absolute Gasteiger partial charge is 0.497 e. The lowest BCUT2D eigenvalue weighted by Crippen LogP contribution is -2.49. The minimum absolute atomic E-state index is 0.0377. The van der Waals surface area contributed by atoms with Gasteiger partial charge in [0.2, 0.25) is 0 Å². The number of nitrogens with one attached hydrogen (secondary N) is 2. The van der Waals surface area contributed by atoms with Gasteiger partial charge in [0.05, 0.1) is 13.2 Å². The Balaban J connectivity index is 1.67. The van der Waals surface area contributed by atoms with Gasteiger partial charge in [-0.2, -0.15) is 0 Å². The van der Waals surface area contributed by atoms with Gasteiger partial charge in [0.15, 0.2) is 0 Å². The van der Waals surface area contributed by atoms with Crippen molar-refractivity contribution in [3.63, 3.8) is 0 Å². The second-order valence-electron chi connectivity index (χ2n) is 7.75. The van der Waals surface area contributed by atoms with Crippen molar-refractivity contribution >= 4 is 29.1 Å². The van der Waals surface area contributed by atoms with Crippen molar-refractivity contribution < 1.29 is 14.3 Å². The molecule has 1 unspecified atom stereocenters. The van der Waals surface area contributed by atoms with E-state index in [2.05, 4.69) is 27.5 Å². The van der Waals surface area contributed by atoms with Crippen LogP contribution in [0.3, 0.4) is 0 Å². The summed E-state index contributed by atoms with van der Waals surface area (Å²) in [7, 11) is 3.73. The minimum Gasteiger partial charge on any atom is -0.497 e. The minimum atomic E-state index is -0.711. The summed E-state index contributed by atoms with van der Waals surface area (Å²) < 4.78 is 5.26. The predicted octanol–water partition coefficient (Wildman–Crippen LogP) is 2.70. The molecule has 31 heavy (non-hydrogen) atoms. The van der Waals surface area contributed by atoms with Gasteiger partial charge in [0.1, 0.15) is 5.75 Å².